The molecule has 150 valence electrons. The first-order chi connectivity index (χ1) is 13.8. The third kappa shape index (κ3) is 4.13. The highest BCUT2D eigenvalue weighted by atomic mass is 16.3. The molecule has 0 aromatic heterocycles. The van der Waals surface area contributed by atoms with Crippen LogP contribution in [0, 0.1) is 0 Å². The summed E-state index contributed by atoms with van der Waals surface area (Å²) in [6.45, 7) is 1.92. The van der Waals surface area contributed by atoms with Crippen LogP contribution < -0.4 is 21.5 Å². The lowest BCUT2D eigenvalue weighted by Gasteiger charge is -2.20. The molecule has 29 heavy (non-hydrogen) atoms. The van der Waals surface area contributed by atoms with E-state index in [-0.39, 0.29) is 40.3 Å². The van der Waals surface area contributed by atoms with Crippen LogP contribution in [0.15, 0.2) is 58.1 Å². The first kappa shape index (κ1) is 20.1. The molecular formula is C22H23N3O4. The third-order valence-corrected chi connectivity index (χ3v) is 4.62. The Morgan fingerprint density at radius 3 is 2.31 bits per heavy atom. The van der Waals surface area contributed by atoms with E-state index in [2.05, 4.69) is 10.6 Å². The van der Waals surface area contributed by atoms with Crippen LogP contribution in [-0.2, 0) is 6.42 Å². The second-order valence-electron chi connectivity index (χ2n) is 7.17. The highest BCUT2D eigenvalue weighted by Gasteiger charge is 2.24. The van der Waals surface area contributed by atoms with E-state index >= 15 is 0 Å². The van der Waals surface area contributed by atoms with Crippen molar-refractivity contribution in [2.24, 2.45) is 0 Å². The van der Waals surface area contributed by atoms with Crippen LogP contribution in [0.5, 0.6) is 5.75 Å². The molecule has 0 unspecified atom stereocenters. The van der Waals surface area contributed by atoms with Crippen molar-refractivity contribution in [1.82, 2.24) is 4.90 Å². The fourth-order valence-corrected chi connectivity index (χ4v) is 3.11. The number of rotatable bonds is 7. The van der Waals surface area contributed by atoms with Crippen molar-refractivity contribution in [2.45, 2.75) is 19.4 Å². The number of hydrogen-bond donors (Lipinski definition) is 3. The molecular weight excluding hydrogens is 370 g/mol. The van der Waals surface area contributed by atoms with Gasteiger partial charge in [0.2, 0.25) is 0 Å². The van der Waals surface area contributed by atoms with Crippen LogP contribution in [0.1, 0.15) is 22.8 Å². The zero-order valence-corrected chi connectivity index (χ0v) is 16.5. The summed E-state index contributed by atoms with van der Waals surface area (Å²) in [5.41, 5.74) is 0.389. The van der Waals surface area contributed by atoms with E-state index in [0.29, 0.717) is 6.42 Å². The SMILES string of the molecule is C[C@H](Cc1ccccc1)Nc1c(Nc2cccc(C(=O)N(C)C)c2O)c(=O)c1=O. The zero-order chi connectivity index (χ0) is 21.1. The van der Waals surface area contributed by atoms with Gasteiger partial charge in [-0.2, -0.15) is 0 Å². The number of carbonyl (C=O) groups is 1. The van der Waals surface area contributed by atoms with Gasteiger partial charge in [-0.3, -0.25) is 14.4 Å². The van der Waals surface area contributed by atoms with Gasteiger partial charge in [0.05, 0.1) is 11.3 Å². The monoisotopic (exact) mass is 393 g/mol. The number of benzene rings is 2. The van der Waals surface area contributed by atoms with E-state index < -0.39 is 10.9 Å². The number of phenolic OH excluding ortho intramolecular Hbond substituents is 1. The molecule has 1 atom stereocenters. The van der Waals surface area contributed by atoms with Crippen LogP contribution in [0.4, 0.5) is 17.1 Å². The van der Waals surface area contributed by atoms with Gasteiger partial charge in [-0.25, -0.2) is 0 Å². The molecule has 3 aromatic carbocycles. The molecule has 0 aliphatic heterocycles. The number of nitrogens with zero attached hydrogens (tertiary/aromatic N) is 1. The maximum Gasteiger partial charge on any atom is 0.257 e. The van der Waals surface area contributed by atoms with E-state index in [0.717, 1.165) is 5.56 Å². The lowest BCUT2D eigenvalue weighted by atomic mass is 10.1. The number of hydrogen-bond acceptors (Lipinski definition) is 6. The van der Waals surface area contributed by atoms with Gasteiger partial charge in [-0.05, 0) is 31.0 Å². The minimum Gasteiger partial charge on any atom is -0.505 e. The van der Waals surface area contributed by atoms with Crippen molar-refractivity contribution in [2.75, 3.05) is 24.7 Å². The number of amides is 1. The second-order valence-corrected chi connectivity index (χ2v) is 7.17. The van der Waals surface area contributed by atoms with Crippen molar-refractivity contribution in [3.05, 3.63) is 80.1 Å². The summed E-state index contributed by atoms with van der Waals surface area (Å²) in [5, 5.41) is 16.3. The molecule has 3 rings (SSSR count). The second kappa shape index (κ2) is 8.18. The summed E-state index contributed by atoms with van der Waals surface area (Å²) in [5.74, 6) is -0.645. The summed E-state index contributed by atoms with van der Waals surface area (Å²) in [7, 11) is 3.16. The Balaban J connectivity index is 1.81. The molecule has 0 heterocycles. The Morgan fingerprint density at radius 1 is 1.00 bits per heavy atom. The molecule has 0 bridgehead atoms. The quantitative estimate of drug-likeness (QED) is 0.421. The maximum absolute atomic E-state index is 12.2. The van der Waals surface area contributed by atoms with Crippen LogP contribution in [-0.4, -0.2) is 36.1 Å². The Kier molecular flexibility index (Phi) is 5.68. The van der Waals surface area contributed by atoms with Crippen molar-refractivity contribution < 1.29 is 9.90 Å². The summed E-state index contributed by atoms with van der Waals surface area (Å²) in [6.07, 6.45) is 0.678. The van der Waals surface area contributed by atoms with Gasteiger partial charge in [0.15, 0.2) is 5.75 Å². The number of nitrogens with one attached hydrogen (secondary N) is 2. The molecule has 0 aliphatic rings. The number of aromatic hydroxyl groups is 1. The van der Waals surface area contributed by atoms with Gasteiger partial charge in [0.1, 0.15) is 11.4 Å². The van der Waals surface area contributed by atoms with E-state index in [1.165, 1.54) is 17.0 Å². The fraction of sp³-hybridized carbons (Fsp3) is 0.227. The molecule has 0 fully saturated rings. The minimum absolute atomic E-state index is 0.0830. The number of para-hydroxylation sites is 1. The molecule has 7 heteroatoms. The van der Waals surface area contributed by atoms with Crippen molar-refractivity contribution in [1.29, 1.82) is 0 Å². The molecule has 1 amide bonds. The summed E-state index contributed by atoms with van der Waals surface area (Å²) < 4.78 is 0. The lowest BCUT2D eigenvalue weighted by molar-refractivity contribution is 0.0824. The molecule has 0 radical (unpaired) electrons. The van der Waals surface area contributed by atoms with Crippen molar-refractivity contribution in [3.63, 3.8) is 0 Å². The standard InChI is InChI=1S/C22H23N3O4/c1-13(12-14-8-5-4-6-9-14)23-17-18(21(28)20(17)27)24-16-11-7-10-15(19(16)26)22(29)25(2)3/h4-11,13,23-24,26H,12H2,1-3H3/t13-/m1/s1. The molecule has 3 N–H and O–H groups in total. The molecule has 0 saturated heterocycles. The molecule has 0 saturated carbocycles. The number of anilines is 3. The molecule has 7 nitrogen and oxygen atoms in total. The van der Waals surface area contributed by atoms with Crippen LogP contribution in [0.3, 0.4) is 0 Å². The van der Waals surface area contributed by atoms with Crippen molar-refractivity contribution in [3.8, 4) is 5.75 Å². The first-order valence-corrected chi connectivity index (χ1v) is 9.24. The van der Waals surface area contributed by atoms with Gasteiger partial charge in [-0.1, -0.05) is 36.4 Å². The fourth-order valence-electron chi connectivity index (χ4n) is 3.11. The Hall–Kier alpha value is -3.61. The van der Waals surface area contributed by atoms with Gasteiger partial charge >= 0.3 is 0 Å². The topological polar surface area (TPSA) is 98.7 Å². The predicted octanol–water partition coefficient (Wildman–Crippen LogP) is 2.48. The average Bonchev–Trinajstić information content (AvgIpc) is 2.71. The molecule has 0 spiro atoms. The Labute approximate surface area is 168 Å². The minimum atomic E-state index is -0.664. The van der Waals surface area contributed by atoms with E-state index in [4.69, 9.17) is 0 Å². The first-order valence-electron chi connectivity index (χ1n) is 9.24. The van der Waals surface area contributed by atoms with Crippen LogP contribution >= 0.6 is 0 Å². The van der Waals surface area contributed by atoms with Crippen LogP contribution in [0.2, 0.25) is 0 Å². The average molecular weight is 393 g/mol. The molecule has 3 aromatic rings. The van der Waals surface area contributed by atoms with Gasteiger partial charge in [0.25, 0.3) is 16.8 Å². The van der Waals surface area contributed by atoms with Crippen LogP contribution in [0.25, 0.3) is 0 Å². The summed E-state index contributed by atoms with van der Waals surface area (Å²) in [6, 6.07) is 14.3. The normalized spacial score (nSPS) is 11.8. The van der Waals surface area contributed by atoms with Gasteiger partial charge < -0.3 is 20.6 Å². The zero-order valence-electron chi connectivity index (χ0n) is 16.5. The lowest BCUT2D eigenvalue weighted by Crippen LogP contribution is -2.38. The Morgan fingerprint density at radius 2 is 1.66 bits per heavy atom. The largest absolute Gasteiger partial charge is 0.505 e. The van der Waals surface area contributed by atoms with E-state index in [9.17, 15) is 19.5 Å². The maximum atomic E-state index is 12.2. The van der Waals surface area contributed by atoms with Gasteiger partial charge in [-0.15, -0.1) is 0 Å². The number of phenols is 1. The summed E-state index contributed by atoms with van der Waals surface area (Å²) >= 11 is 0. The third-order valence-electron chi connectivity index (χ3n) is 4.62. The highest BCUT2D eigenvalue weighted by molar-refractivity contribution is 5.99. The number of carbonyl (C=O) groups excluding carboxylic acids is 1. The smallest absolute Gasteiger partial charge is 0.257 e. The van der Waals surface area contributed by atoms with Gasteiger partial charge in [0, 0.05) is 20.1 Å². The Bertz CT molecular complexity index is 1100. The summed E-state index contributed by atoms with van der Waals surface area (Å²) in [4.78, 5) is 37.7. The van der Waals surface area contributed by atoms with E-state index in [1.807, 2.05) is 37.3 Å². The predicted molar refractivity (Wildman–Crippen MR) is 114 cm³/mol. The molecule has 0 aliphatic carbocycles. The van der Waals surface area contributed by atoms with E-state index in [1.54, 1.807) is 20.2 Å². The van der Waals surface area contributed by atoms with Crippen molar-refractivity contribution >= 4 is 23.0 Å². The highest BCUT2D eigenvalue weighted by Crippen LogP contribution is 2.32.